The highest BCUT2D eigenvalue weighted by Gasteiger charge is 2.08. The minimum absolute atomic E-state index is 0.0294. The van der Waals surface area contributed by atoms with Gasteiger partial charge in [0.1, 0.15) is 12.3 Å². The Morgan fingerprint density at radius 1 is 1.29 bits per heavy atom. The van der Waals surface area contributed by atoms with Gasteiger partial charge >= 0.3 is 0 Å². The van der Waals surface area contributed by atoms with Gasteiger partial charge in [0, 0.05) is 17.2 Å². The molecule has 0 aromatic carbocycles. The van der Waals surface area contributed by atoms with Crippen LogP contribution in [0.2, 0.25) is 0 Å². The molecule has 1 atom stereocenters. The van der Waals surface area contributed by atoms with E-state index in [9.17, 15) is 4.39 Å². The van der Waals surface area contributed by atoms with Crippen molar-refractivity contribution in [3.8, 4) is 11.8 Å². The molecule has 24 heavy (non-hydrogen) atoms. The van der Waals surface area contributed by atoms with Crippen LogP contribution in [-0.4, -0.2) is 42.6 Å². The van der Waals surface area contributed by atoms with Crippen molar-refractivity contribution in [2.45, 2.75) is 12.5 Å². The summed E-state index contributed by atoms with van der Waals surface area (Å²) in [5, 5.41) is 1.05. The first-order valence-electron chi connectivity index (χ1n) is 7.94. The molecule has 1 N–H and O–H groups in total. The zero-order chi connectivity index (χ0) is 16.6. The van der Waals surface area contributed by atoms with Crippen LogP contribution >= 0.6 is 0 Å². The highest BCUT2D eigenvalue weighted by Crippen LogP contribution is 2.14. The molecule has 0 bridgehead atoms. The number of allylic oxidation sites excluding steroid dienone is 2. The monoisotopic (exact) mass is 326 g/mol. The number of aromatic amines is 1. The number of ether oxygens (including phenoxy) is 2. The Labute approximate surface area is 140 Å². The number of hydrogen-bond acceptors (Lipinski definition) is 3. The van der Waals surface area contributed by atoms with Gasteiger partial charge in [-0.05, 0) is 36.6 Å². The molecule has 1 aliphatic rings. The topological polar surface area (TPSA) is 47.1 Å². The van der Waals surface area contributed by atoms with Gasteiger partial charge < -0.3 is 14.5 Å². The number of nitrogens with zero attached hydrogens (tertiary/aromatic N) is 1. The minimum atomic E-state index is -0.458. The van der Waals surface area contributed by atoms with Crippen LogP contribution in [0.15, 0.2) is 48.2 Å². The maximum atomic E-state index is 11.9. The van der Waals surface area contributed by atoms with Gasteiger partial charge in [0.05, 0.1) is 31.6 Å². The predicted octanol–water partition coefficient (Wildman–Crippen LogP) is 3.17. The first kappa shape index (κ1) is 16.4. The molecule has 3 rings (SSSR count). The SMILES string of the molecule is FCCOCCOC1C=CC(C#Cc2cc3cccnc3[nH]2)=CC1. The molecule has 0 radical (unpaired) electrons. The van der Waals surface area contributed by atoms with E-state index >= 15 is 0 Å². The number of alkyl halides is 1. The van der Waals surface area contributed by atoms with Crippen LogP contribution in [0, 0.1) is 11.8 Å². The van der Waals surface area contributed by atoms with Gasteiger partial charge in [0.15, 0.2) is 0 Å². The number of hydrogen-bond donors (Lipinski definition) is 1. The van der Waals surface area contributed by atoms with Crippen molar-refractivity contribution < 1.29 is 13.9 Å². The van der Waals surface area contributed by atoms with Gasteiger partial charge in [-0.1, -0.05) is 18.1 Å². The lowest BCUT2D eigenvalue weighted by Gasteiger charge is -2.15. The lowest BCUT2D eigenvalue weighted by atomic mass is 10.1. The lowest BCUT2D eigenvalue weighted by molar-refractivity contribution is 0.0206. The van der Waals surface area contributed by atoms with Crippen molar-refractivity contribution in [2.24, 2.45) is 0 Å². The molecule has 124 valence electrons. The molecule has 2 heterocycles. The Hall–Kier alpha value is -2.42. The minimum Gasteiger partial charge on any atom is -0.376 e. The number of H-pyrrole nitrogens is 1. The van der Waals surface area contributed by atoms with Crippen molar-refractivity contribution in [3.63, 3.8) is 0 Å². The van der Waals surface area contributed by atoms with E-state index in [4.69, 9.17) is 9.47 Å². The molecule has 1 aliphatic carbocycles. The first-order chi connectivity index (χ1) is 11.8. The molecular formula is C19H19FN2O2. The summed E-state index contributed by atoms with van der Waals surface area (Å²) in [6.45, 7) is 0.554. The predicted molar refractivity (Wildman–Crippen MR) is 91.3 cm³/mol. The first-order valence-corrected chi connectivity index (χ1v) is 7.94. The van der Waals surface area contributed by atoms with Gasteiger partial charge in [-0.2, -0.15) is 0 Å². The number of nitrogens with one attached hydrogen (secondary N) is 1. The van der Waals surface area contributed by atoms with Crippen LogP contribution in [0.25, 0.3) is 11.0 Å². The van der Waals surface area contributed by atoms with E-state index in [1.165, 1.54) is 0 Å². The summed E-state index contributed by atoms with van der Waals surface area (Å²) in [6.07, 6.45) is 8.57. The van der Waals surface area contributed by atoms with Gasteiger partial charge in [0.25, 0.3) is 0 Å². The van der Waals surface area contributed by atoms with Gasteiger partial charge in [-0.25, -0.2) is 9.37 Å². The molecule has 5 heteroatoms. The third kappa shape index (κ3) is 4.54. The van der Waals surface area contributed by atoms with Crippen LogP contribution in [0.1, 0.15) is 12.1 Å². The van der Waals surface area contributed by atoms with Crippen LogP contribution < -0.4 is 0 Å². The normalized spacial score (nSPS) is 16.7. The summed E-state index contributed by atoms with van der Waals surface area (Å²) in [4.78, 5) is 7.44. The highest BCUT2D eigenvalue weighted by atomic mass is 19.1. The lowest BCUT2D eigenvalue weighted by Crippen LogP contribution is -2.15. The zero-order valence-corrected chi connectivity index (χ0v) is 13.3. The second-order valence-corrected chi connectivity index (χ2v) is 5.34. The van der Waals surface area contributed by atoms with E-state index in [0.717, 1.165) is 28.7 Å². The Morgan fingerprint density at radius 3 is 3.04 bits per heavy atom. The fourth-order valence-electron chi connectivity index (χ4n) is 2.40. The third-order valence-electron chi connectivity index (χ3n) is 3.57. The van der Waals surface area contributed by atoms with Gasteiger partial charge in [-0.15, -0.1) is 0 Å². The molecule has 0 saturated heterocycles. The summed E-state index contributed by atoms with van der Waals surface area (Å²) >= 11 is 0. The smallest absolute Gasteiger partial charge is 0.138 e. The molecular weight excluding hydrogens is 307 g/mol. The van der Waals surface area contributed by atoms with Crippen molar-refractivity contribution in [1.29, 1.82) is 0 Å². The molecule has 0 aliphatic heterocycles. The average molecular weight is 326 g/mol. The van der Waals surface area contributed by atoms with E-state index in [1.54, 1.807) is 6.20 Å². The summed E-state index contributed by atoms with van der Waals surface area (Å²) < 4.78 is 22.5. The number of halogens is 1. The maximum Gasteiger partial charge on any atom is 0.138 e. The van der Waals surface area contributed by atoms with Gasteiger partial charge in [0.2, 0.25) is 0 Å². The highest BCUT2D eigenvalue weighted by molar-refractivity contribution is 5.77. The molecule has 0 spiro atoms. The summed E-state index contributed by atoms with van der Waals surface area (Å²) in [5.74, 6) is 6.27. The van der Waals surface area contributed by atoms with E-state index in [2.05, 4.69) is 27.9 Å². The number of rotatable bonds is 6. The number of fused-ring (bicyclic) bond motifs is 1. The maximum absolute atomic E-state index is 11.9. The molecule has 2 aromatic rings. The molecule has 0 fully saturated rings. The van der Waals surface area contributed by atoms with Crippen LogP contribution in [-0.2, 0) is 9.47 Å². The molecule has 0 saturated carbocycles. The van der Waals surface area contributed by atoms with E-state index in [-0.39, 0.29) is 12.7 Å². The van der Waals surface area contributed by atoms with Crippen LogP contribution in [0.3, 0.4) is 0 Å². The fourth-order valence-corrected chi connectivity index (χ4v) is 2.40. The second-order valence-electron chi connectivity index (χ2n) is 5.34. The molecule has 4 nitrogen and oxygen atoms in total. The largest absolute Gasteiger partial charge is 0.376 e. The standard InChI is InChI=1S/C19H19FN2O2/c20-9-11-23-12-13-24-18-7-4-15(5-8-18)3-6-17-14-16-2-1-10-21-19(16)22-17/h1-2,4-5,7,10,14,18H,8-9,11-13H2,(H,21,22). The summed E-state index contributed by atoms with van der Waals surface area (Å²) in [5.41, 5.74) is 2.66. The Balaban J connectivity index is 1.50. The Kier molecular flexibility index (Phi) is 5.78. The van der Waals surface area contributed by atoms with E-state index in [0.29, 0.717) is 13.2 Å². The average Bonchev–Trinajstić information content (AvgIpc) is 3.04. The summed E-state index contributed by atoms with van der Waals surface area (Å²) in [7, 11) is 0. The Bertz CT molecular complexity index is 765. The quantitative estimate of drug-likeness (QED) is 0.655. The van der Waals surface area contributed by atoms with Crippen molar-refractivity contribution in [2.75, 3.05) is 26.5 Å². The van der Waals surface area contributed by atoms with E-state index in [1.807, 2.05) is 30.4 Å². The molecule has 2 aromatic heterocycles. The van der Waals surface area contributed by atoms with Crippen molar-refractivity contribution in [3.05, 3.63) is 53.9 Å². The molecule has 1 unspecified atom stereocenters. The fraction of sp³-hybridized carbons (Fsp3) is 0.316. The third-order valence-corrected chi connectivity index (χ3v) is 3.57. The Morgan fingerprint density at radius 2 is 2.25 bits per heavy atom. The van der Waals surface area contributed by atoms with Crippen LogP contribution in [0.4, 0.5) is 4.39 Å². The number of aromatic nitrogens is 2. The molecule has 0 amide bonds. The second kappa shape index (κ2) is 8.44. The van der Waals surface area contributed by atoms with Crippen molar-refractivity contribution in [1.82, 2.24) is 9.97 Å². The van der Waals surface area contributed by atoms with Crippen molar-refractivity contribution >= 4 is 11.0 Å². The van der Waals surface area contributed by atoms with Gasteiger partial charge in [-0.3, -0.25) is 0 Å². The van der Waals surface area contributed by atoms with E-state index < -0.39 is 6.67 Å². The zero-order valence-electron chi connectivity index (χ0n) is 13.3. The van der Waals surface area contributed by atoms with Crippen LogP contribution in [0.5, 0.6) is 0 Å². The summed E-state index contributed by atoms with van der Waals surface area (Å²) in [6, 6.07) is 5.90. The number of pyridine rings is 1.